The molecule has 0 saturated heterocycles. The first-order valence-electron chi connectivity index (χ1n) is 5.78. The first-order valence-corrected chi connectivity index (χ1v) is 7.22. The van der Waals surface area contributed by atoms with E-state index in [4.69, 9.17) is 0 Å². The van der Waals surface area contributed by atoms with Gasteiger partial charge in [0.2, 0.25) is 0 Å². The molecule has 1 aromatic rings. The summed E-state index contributed by atoms with van der Waals surface area (Å²) in [4.78, 5) is 11.7. The van der Waals surface area contributed by atoms with Crippen molar-refractivity contribution in [2.45, 2.75) is 17.9 Å². The van der Waals surface area contributed by atoms with Gasteiger partial charge in [0.1, 0.15) is 0 Å². The highest BCUT2D eigenvalue weighted by Crippen LogP contribution is 2.37. The molecule has 0 bridgehead atoms. The smallest absolute Gasteiger partial charge is 0.268 e. The van der Waals surface area contributed by atoms with Crippen molar-refractivity contribution in [2.24, 2.45) is 0 Å². The van der Waals surface area contributed by atoms with Gasteiger partial charge in [0.05, 0.1) is 11.1 Å². The molecule has 0 atom stereocenters. The van der Waals surface area contributed by atoms with E-state index in [0.717, 1.165) is 0 Å². The van der Waals surface area contributed by atoms with Crippen LogP contribution in [0.1, 0.15) is 21.5 Å². The van der Waals surface area contributed by atoms with Gasteiger partial charge < -0.3 is 0 Å². The van der Waals surface area contributed by atoms with E-state index in [-0.39, 0.29) is 25.2 Å². The molecule has 4 nitrogen and oxygen atoms in total. The number of benzene rings is 1. The largest absolute Gasteiger partial charge is 0.516 e. The lowest BCUT2D eigenvalue weighted by atomic mass is 10.0. The second-order valence-electron chi connectivity index (χ2n) is 4.52. The van der Waals surface area contributed by atoms with Crippen molar-refractivity contribution < 1.29 is 52.7 Å². The lowest BCUT2D eigenvalue weighted by molar-refractivity contribution is -0.143. The van der Waals surface area contributed by atoms with Gasteiger partial charge in [-0.25, -0.2) is 4.31 Å². The molecule has 142 valence electrons. The summed E-state index contributed by atoms with van der Waals surface area (Å²) in [6.07, 6.45) is -10.7. The molecule has 0 radical (unpaired) electrons. The predicted molar refractivity (Wildman–Crippen MR) is 63.5 cm³/mol. The minimum Gasteiger partial charge on any atom is -0.268 e. The molecule has 0 N–H and O–H groups in total. The Morgan fingerprint density at radius 2 is 1.20 bits per heavy atom. The van der Waals surface area contributed by atoms with E-state index in [0.29, 0.717) is 0 Å². The van der Waals surface area contributed by atoms with E-state index >= 15 is 0 Å². The zero-order valence-electron chi connectivity index (χ0n) is 11.7. The molecule has 0 fully saturated rings. The molecule has 0 aliphatic heterocycles. The number of carbonyl (C=O) groups is 1. The zero-order chi connectivity index (χ0) is 20.0. The normalized spacial score (nSPS) is 13.7. The molecule has 1 aromatic carbocycles. The molecule has 0 saturated carbocycles. The topological polar surface area (TPSA) is 54.5 Å². The Morgan fingerprint density at radius 1 is 0.840 bits per heavy atom. The molecule has 0 aliphatic carbocycles. The number of hydrogen-bond donors (Lipinski definition) is 0. The Labute approximate surface area is 133 Å². The molecular formula is C11H6F9NO3S. The summed E-state index contributed by atoms with van der Waals surface area (Å²) in [7, 11) is -6.24. The second-order valence-corrected chi connectivity index (χ2v) is 6.48. The van der Waals surface area contributed by atoms with E-state index in [9.17, 15) is 52.7 Å². The summed E-state index contributed by atoms with van der Waals surface area (Å²) in [6.45, 7) is 0. The molecule has 1 amide bonds. The van der Waals surface area contributed by atoms with Gasteiger partial charge in [-0.1, -0.05) is 0 Å². The van der Waals surface area contributed by atoms with E-state index in [1.54, 1.807) is 0 Å². The third-order valence-corrected chi connectivity index (χ3v) is 4.25. The third-order valence-electron chi connectivity index (χ3n) is 2.77. The fourth-order valence-electron chi connectivity index (χ4n) is 1.52. The Hall–Kier alpha value is -1.99. The summed E-state index contributed by atoms with van der Waals surface area (Å²) < 4.78 is 134. The van der Waals surface area contributed by atoms with E-state index < -0.39 is 54.8 Å². The van der Waals surface area contributed by atoms with Crippen LogP contribution in [0.25, 0.3) is 0 Å². The highest BCUT2D eigenvalue weighted by molar-refractivity contribution is 7.90. The van der Waals surface area contributed by atoms with E-state index in [2.05, 4.69) is 0 Å². The van der Waals surface area contributed by atoms with Crippen LogP contribution in [0.3, 0.4) is 0 Å². The Bertz CT molecular complexity index is 745. The van der Waals surface area contributed by atoms with E-state index in [1.165, 1.54) is 0 Å². The van der Waals surface area contributed by atoms with Crippen molar-refractivity contribution in [3.63, 3.8) is 0 Å². The number of carbonyl (C=O) groups excluding carboxylic acids is 1. The number of halogens is 9. The van der Waals surface area contributed by atoms with Gasteiger partial charge in [-0.15, -0.1) is 0 Å². The highest BCUT2D eigenvalue weighted by atomic mass is 32.2. The van der Waals surface area contributed by atoms with Gasteiger partial charge in [0.25, 0.3) is 5.91 Å². The fourth-order valence-corrected chi connectivity index (χ4v) is 2.16. The molecule has 0 heterocycles. The van der Waals surface area contributed by atoms with Crippen LogP contribution in [-0.4, -0.2) is 31.2 Å². The summed E-state index contributed by atoms with van der Waals surface area (Å²) in [5.74, 6) is -2.21. The van der Waals surface area contributed by atoms with Crippen LogP contribution < -0.4 is 0 Å². The number of sulfonamides is 1. The maximum atomic E-state index is 12.6. The first kappa shape index (κ1) is 21.1. The van der Waals surface area contributed by atoms with Gasteiger partial charge in [-0.2, -0.15) is 47.9 Å². The second kappa shape index (κ2) is 6.07. The number of hydrogen-bond acceptors (Lipinski definition) is 3. The SMILES string of the molecule is CN(C(=O)c1cc(C(F)(F)F)cc(C(F)(F)F)c1)S(=O)(=O)C(F)(F)F. The van der Waals surface area contributed by atoms with Crippen LogP contribution in [0.15, 0.2) is 18.2 Å². The average molecular weight is 403 g/mol. The molecule has 0 aliphatic rings. The molecule has 0 spiro atoms. The number of nitrogens with zero attached hydrogens (tertiary/aromatic N) is 1. The fraction of sp³-hybridized carbons (Fsp3) is 0.364. The van der Waals surface area contributed by atoms with Crippen LogP contribution in [-0.2, 0) is 22.4 Å². The lowest BCUT2D eigenvalue weighted by Crippen LogP contribution is -2.41. The highest BCUT2D eigenvalue weighted by Gasteiger charge is 2.51. The first-order chi connectivity index (χ1) is 10.9. The van der Waals surface area contributed by atoms with Gasteiger partial charge in [0.15, 0.2) is 0 Å². The lowest BCUT2D eigenvalue weighted by Gasteiger charge is -2.20. The molecular weight excluding hydrogens is 397 g/mol. The van der Waals surface area contributed by atoms with Crippen LogP contribution in [0.4, 0.5) is 39.5 Å². The van der Waals surface area contributed by atoms with Crippen molar-refractivity contribution in [1.29, 1.82) is 0 Å². The zero-order valence-corrected chi connectivity index (χ0v) is 12.5. The third kappa shape index (κ3) is 4.35. The van der Waals surface area contributed by atoms with Gasteiger partial charge in [0, 0.05) is 12.6 Å². The number of alkyl halides is 9. The molecule has 0 aromatic heterocycles. The van der Waals surface area contributed by atoms with Crippen molar-refractivity contribution in [2.75, 3.05) is 7.05 Å². The summed E-state index contributed by atoms with van der Waals surface area (Å²) in [6, 6.07) is -0.727. The minimum atomic E-state index is -6.30. The quantitative estimate of drug-likeness (QED) is 0.709. The maximum Gasteiger partial charge on any atom is 0.516 e. The predicted octanol–water partition coefficient (Wildman–Crippen LogP) is 3.65. The summed E-state index contributed by atoms with van der Waals surface area (Å²) >= 11 is 0. The van der Waals surface area contributed by atoms with Crippen LogP contribution >= 0.6 is 0 Å². The van der Waals surface area contributed by atoms with E-state index in [1.807, 2.05) is 0 Å². The number of rotatable bonds is 2. The maximum absolute atomic E-state index is 12.6. The van der Waals surface area contributed by atoms with Crippen LogP contribution in [0.5, 0.6) is 0 Å². The Balaban J connectivity index is 3.54. The van der Waals surface area contributed by atoms with Crippen LogP contribution in [0.2, 0.25) is 0 Å². The molecule has 0 unspecified atom stereocenters. The van der Waals surface area contributed by atoms with Crippen molar-refractivity contribution in [3.8, 4) is 0 Å². The minimum absolute atomic E-state index is 0.0542. The van der Waals surface area contributed by atoms with Gasteiger partial charge >= 0.3 is 27.9 Å². The molecule has 14 heteroatoms. The monoisotopic (exact) mass is 403 g/mol. The van der Waals surface area contributed by atoms with Crippen molar-refractivity contribution in [3.05, 3.63) is 34.9 Å². The molecule has 25 heavy (non-hydrogen) atoms. The van der Waals surface area contributed by atoms with Gasteiger partial charge in [-0.3, -0.25) is 4.79 Å². The van der Waals surface area contributed by atoms with Gasteiger partial charge in [-0.05, 0) is 18.2 Å². The average Bonchev–Trinajstić information content (AvgIpc) is 2.42. The van der Waals surface area contributed by atoms with Crippen LogP contribution in [0, 0.1) is 0 Å². The Morgan fingerprint density at radius 3 is 1.48 bits per heavy atom. The van der Waals surface area contributed by atoms with Crippen molar-refractivity contribution >= 4 is 15.9 Å². The standard InChI is InChI=1S/C11H6F9NO3S/c1-21(25(23,24)11(18,19)20)8(22)5-2-6(9(12,13)14)4-7(3-5)10(15,16)17/h2-4H,1H3. The summed E-state index contributed by atoms with van der Waals surface area (Å²) in [5, 5.41) is 0. The number of amides is 1. The molecule has 1 rings (SSSR count). The summed E-state index contributed by atoms with van der Waals surface area (Å²) in [5.41, 5.74) is -11.5. The van der Waals surface area contributed by atoms with Crippen molar-refractivity contribution in [1.82, 2.24) is 4.31 Å². The Kier molecular flexibility index (Phi) is 5.11.